The van der Waals surface area contributed by atoms with Crippen LogP contribution in [0.1, 0.15) is 48.0 Å². The Bertz CT molecular complexity index is 590. The molecule has 1 saturated carbocycles. The highest BCUT2D eigenvalue weighted by molar-refractivity contribution is 5.87. The molecule has 7 heteroatoms. The van der Waals surface area contributed by atoms with Gasteiger partial charge >= 0.3 is 12.1 Å². The standard InChI is InChI=1S/C17H20F3NO3/c18-17(19,20)16(9-2-1-3-10-16)15(24)21-11-8-12-4-6-13(7-5-12)14(22)23/h4-7H,1-3,8-11H2,(H,21,24)(H,22,23). The number of benzene rings is 1. The molecule has 1 fully saturated rings. The molecule has 0 heterocycles. The molecule has 1 aromatic rings. The lowest BCUT2D eigenvalue weighted by Crippen LogP contribution is -2.52. The van der Waals surface area contributed by atoms with Crippen LogP contribution < -0.4 is 5.32 Å². The van der Waals surface area contributed by atoms with Crippen LogP contribution in [-0.2, 0) is 11.2 Å². The third-order valence-electron chi connectivity index (χ3n) is 4.58. The predicted molar refractivity (Wildman–Crippen MR) is 81.7 cm³/mol. The van der Waals surface area contributed by atoms with E-state index in [9.17, 15) is 22.8 Å². The minimum absolute atomic E-state index is 0.0864. The van der Waals surface area contributed by atoms with Crippen LogP contribution in [-0.4, -0.2) is 29.7 Å². The first-order chi connectivity index (χ1) is 11.3. The van der Waals surface area contributed by atoms with E-state index < -0.39 is 23.5 Å². The molecule has 2 N–H and O–H groups in total. The van der Waals surface area contributed by atoms with Crippen molar-refractivity contribution in [2.45, 2.75) is 44.7 Å². The van der Waals surface area contributed by atoms with Gasteiger partial charge in [-0.05, 0) is 37.0 Å². The van der Waals surface area contributed by atoms with Crippen molar-refractivity contribution in [2.24, 2.45) is 5.41 Å². The summed E-state index contributed by atoms with van der Waals surface area (Å²) in [5.74, 6) is -1.99. The van der Waals surface area contributed by atoms with Crippen molar-refractivity contribution in [3.05, 3.63) is 35.4 Å². The number of nitrogens with one attached hydrogen (secondary N) is 1. The molecule has 0 unspecified atom stereocenters. The SMILES string of the molecule is O=C(O)c1ccc(CCNC(=O)C2(C(F)(F)F)CCCCC2)cc1. The highest BCUT2D eigenvalue weighted by Gasteiger charge is 2.59. The van der Waals surface area contributed by atoms with Crippen LogP contribution in [0.5, 0.6) is 0 Å². The number of amides is 1. The zero-order valence-corrected chi connectivity index (χ0v) is 13.2. The number of hydrogen-bond acceptors (Lipinski definition) is 2. The lowest BCUT2D eigenvalue weighted by Gasteiger charge is -2.37. The minimum atomic E-state index is -4.54. The van der Waals surface area contributed by atoms with Crippen LogP contribution in [0.15, 0.2) is 24.3 Å². The molecule has 0 bridgehead atoms. The van der Waals surface area contributed by atoms with Gasteiger partial charge in [0.1, 0.15) is 5.41 Å². The molecule has 0 saturated heterocycles. The van der Waals surface area contributed by atoms with Gasteiger partial charge in [0.15, 0.2) is 0 Å². The Hall–Kier alpha value is -2.05. The first kappa shape index (κ1) is 18.3. The number of carboxylic acids is 1. The first-order valence-corrected chi connectivity index (χ1v) is 7.93. The Morgan fingerprint density at radius 2 is 1.67 bits per heavy atom. The van der Waals surface area contributed by atoms with Crippen molar-refractivity contribution in [2.75, 3.05) is 6.54 Å². The molecule has 0 radical (unpaired) electrons. The van der Waals surface area contributed by atoms with Crippen LogP contribution in [0.3, 0.4) is 0 Å². The van der Waals surface area contributed by atoms with Gasteiger partial charge in [0.05, 0.1) is 5.56 Å². The molecule has 1 aliphatic carbocycles. The molecule has 1 aromatic carbocycles. The second kappa shape index (κ2) is 7.23. The predicted octanol–water partition coefficient (Wildman–Crippen LogP) is 3.56. The molecule has 0 aliphatic heterocycles. The van der Waals surface area contributed by atoms with Crippen molar-refractivity contribution in [1.82, 2.24) is 5.32 Å². The molecule has 2 rings (SSSR count). The molecular formula is C17H20F3NO3. The fraction of sp³-hybridized carbons (Fsp3) is 0.529. The molecule has 0 atom stereocenters. The van der Waals surface area contributed by atoms with Crippen LogP contribution in [0.2, 0.25) is 0 Å². The molecule has 1 amide bonds. The van der Waals surface area contributed by atoms with E-state index in [4.69, 9.17) is 5.11 Å². The summed E-state index contributed by atoms with van der Waals surface area (Å²) < 4.78 is 40.2. The maximum Gasteiger partial charge on any atom is 0.403 e. The van der Waals surface area contributed by atoms with Gasteiger partial charge < -0.3 is 10.4 Å². The molecule has 132 valence electrons. The monoisotopic (exact) mass is 343 g/mol. The topological polar surface area (TPSA) is 66.4 Å². The van der Waals surface area contributed by atoms with E-state index in [1.165, 1.54) is 12.1 Å². The van der Waals surface area contributed by atoms with Crippen LogP contribution in [0.25, 0.3) is 0 Å². The van der Waals surface area contributed by atoms with Crippen LogP contribution in [0, 0.1) is 5.41 Å². The molecule has 24 heavy (non-hydrogen) atoms. The zero-order valence-electron chi connectivity index (χ0n) is 13.2. The number of aromatic carboxylic acids is 1. The summed E-state index contributed by atoms with van der Waals surface area (Å²) in [5, 5.41) is 11.2. The Morgan fingerprint density at radius 3 is 2.17 bits per heavy atom. The quantitative estimate of drug-likeness (QED) is 0.859. The summed E-state index contributed by atoms with van der Waals surface area (Å²) in [4.78, 5) is 22.9. The third-order valence-corrected chi connectivity index (χ3v) is 4.58. The van der Waals surface area contributed by atoms with E-state index in [2.05, 4.69) is 5.32 Å². The Morgan fingerprint density at radius 1 is 1.08 bits per heavy atom. The van der Waals surface area contributed by atoms with Gasteiger partial charge in [-0.15, -0.1) is 0 Å². The fourth-order valence-corrected chi connectivity index (χ4v) is 3.10. The lowest BCUT2D eigenvalue weighted by atomic mass is 9.72. The molecule has 0 spiro atoms. The first-order valence-electron chi connectivity index (χ1n) is 7.93. The van der Waals surface area contributed by atoms with Gasteiger partial charge in [-0.1, -0.05) is 31.4 Å². The third kappa shape index (κ3) is 3.88. The minimum Gasteiger partial charge on any atom is -0.478 e. The molecular weight excluding hydrogens is 323 g/mol. The largest absolute Gasteiger partial charge is 0.478 e. The molecule has 1 aliphatic rings. The molecule has 0 aromatic heterocycles. The van der Waals surface area contributed by atoms with Crippen LogP contribution in [0.4, 0.5) is 13.2 Å². The average Bonchev–Trinajstić information content (AvgIpc) is 2.55. The van der Waals surface area contributed by atoms with E-state index >= 15 is 0 Å². The van der Waals surface area contributed by atoms with Gasteiger partial charge in [-0.3, -0.25) is 4.79 Å². The average molecular weight is 343 g/mol. The van der Waals surface area contributed by atoms with Gasteiger partial charge in [0.25, 0.3) is 0 Å². The Labute approximate surface area is 138 Å². The Balaban J connectivity index is 1.95. The number of carbonyl (C=O) groups is 2. The summed E-state index contributed by atoms with van der Waals surface area (Å²) in [5.41, 5.74) is -1.37. The van der Waals surface area contributed by atoms with Crippen molar-refractivity contribution >= 4 is 11.9 Å². The van der Waals surface area contributed by atoms with Crippen molar-refractivity contribution in [1.29, 1.82) is 0 Å². The van der Waals surface area contributed by atoms with E-state index in [1.807, 2.05) is 0 Å². The highest BCUT2D eigenvalue weighted by Crippen LogP contribution is 2.49. The number of alkyl halides is 3. The number of halogens is 3. The smallest absolute Gasteiger partial charge is 0.403 e. The van der Waals surface area contributed by atoms with Crippen molar-refractivity contribution in [3.63, 3.8) is 0 Å². The van der Waals surface area contributed by atoms with E-state index in [-0.39, 0.29) is 24.9 Å². The van der Waals surface area contributed by atoms with E-state index in [0.717, 1.165) is 12.0 Å². The number of hydrogen-bond donors (Lipinski definition) is 2. The number of rotatable bonds is 5. The van der Waals surface area contributed by atoms with Crippen molar-refractivity contribution < 1.29 is 27.9 Å². The number of carbonyl (C=O) groups excluding carboxylic acids is 1. The van der Waals surface area contributed by atoms with Gasteiger partial charge in [0.2, 0.25) is 5.91 Å². The highest BCUT2D eigenvalue weighted by atomic mass is 19.4. The zero-order chi connectivity index (χ0) is 17.8. The summed E-state index contributed by atoms with van der Waals surface area (Å²) in [6.45, 7) is 0.0864. The normalized spacial score (nSPS) is 17.3. The summed E-state index contributed by atoms with van der Waals surface area (Å²) in [6, 6.07) is 6.04. The van der Waals surface area contributed by atoms with E-state index in [1.54, 1.807) is 12.1 Å². The van der Waals surface area contributed by atoms with Gasteiger partial charge in [-0.25, -0.2) is 4.79 Å². The maximum atomic E-state index is 13.4. The van der Waals surface area contributed by atoms with Gasteiger partial charge in [-0.2, -0.15) is 13.2 Å². The summed E-state index contributed by atoms with van der Waals surface area (Å²) in [7, 11) is 0. The molecule has 4 nitrogen and oxygen atoms in total. The second-order valence-electron chi connectivity index (χ2n) is 6.15. The Kier molecular flexibility index (Phi) is 5.51. The van der Waals surface area contributed by atoms with Gasteiger partial charge in [0, 0.05) is 6.54 Å². The van der Waals surface area contributed by atoms with E-state index in [0.29, 0.717) is 19.3 Å². The maximum absolute atomic E-state index is 13.4. The van der Waals surface area contributed by atoms with Crippen LogP contribution >= 0.6 is 0 Å². The summed E-state index contributed by atoms with van der Waals surface area (Å²) >= 11 is 0. The number of carboxylic acid groups (broad SMARTS) is 1. The summed E-state index contributed by atoms with van der Waals surface area (Å²) in [6.07, 6.45) is -2.97. The van der Waals surface area contributed by atoms with Crippen molar-refractivity contribution in [3.8, 4) is 0 Å². The lowest BCUT2D eigenvalue weighted by molar-refractivity contribution is -0.230. The second-order valence-corrected chi connectivity index (χ2v) is 6.15. The fourth-order valence-electron chi connectivity index (χ4n) is 3.10.